The SMILES string of the molecule is Cc1c(C(=O)O)cccc1C(=O)O.Cc1ccccc1N1CCNCC1. The monoisotopic (exact) mass is 356 g/mol. The Labute approximate surface area is 153 Å². The molecule has 3 rings (SSSR count). The summed E-state index contributed by atoms with van der Waals surface area (Å²) < 4.78 is 0. The number of carboxylic acid groups (broad SMARTS) is 2. The second-order valence-electron chi connectivity index (χ2n) is 6.11. The van der Waals surface area contributed by atoms with Crippen LogP contribution in [0.15, 0.2) is 42.5 Å². The highest BCUT2D eigenvalue weighted by Gasteiger charge is 2.13. The number of anilines is 1. The number of rotatable bonds is 3. The average molecular weight is 356 g/mol. The Kier molecular flexibility index (Phi) is 6.74. The fourth-order valence-corrected chi connectivity index (χ4v) is 2.92. The first-order chi connectivity index (χ1) is 12.4. The van der Waals surface area contributed by atoms with Crippen LogP contribution in [0.4, 0.5) is 5.69 Å². The molecule has 2 aromatic carbocycles. The predicted molar refractivity (Wildman–Crippen MR) is 101 cm³/mol. The summed E-state index contributed by atoms with van der Waals surface area (Å²) in [7, 11) is 0. The van der Waals surface area contributed by atoms with Crippen LogP contribution in [-0.4, -0.2) is 48.3 Å². The summed E-state index contributed by atoms with van der Waals surface area (Å²) in [5, 5.41) is 20.7. The molecule has 2 aromatic rings. The standard InChI is InChI=1S/C11H16N2.C9H8O4/c1-10-4-2-3-5-11(10)13-8-6-12-7-9-13;1-5-6(8(10)11)3-2-4-7(5)9(12)13/h2-5,12H,6-9H2,1H3;2-4H,1H3,(H,10,11)(H,12,13). The van der Waals surface area contributed by atoms with Crippen LogP contribution in [0.5, 0.6) is 0 Å². The number of carbonyl (C=O) groups is 2. The van der Waals surface area contributed by atoms with Crippen molar-refractivity contribution in [3.05, 3.63) is 64.7 Å². The maximum Gasteiger partial charge on any atom is 0.335 e. The normalized spacial score (nSPS) is 13.5. The number of carboxylic acids is 2. The Morgan fingerprint density at radius 2 is 1.42 bits per heavy atom. The molecule has 0 bridgehead atoms. The van der Waals surface area contributed by atoms with E-state index in [0.29, 0.717) is 0 Å². The van der Waals surface area contributed by atoms with Crippen molar-refractivity contribution >= 4 is 17.6 Å². The molecule has 0 aromatic heterocycles. The van der Waals surface area contributed by atoms with Crippen molar-refractivity contribution in [1.82, 2.24) is 5.32 Å². The zero-order valence-electron chi connectivity index (χ0n) is 15.0. The molecule has 0 unspecified atom stereocenters. The molecule has 6 heteroatoms. The molecule has 26 heavy (non-hydrogen) atoms. The molecule has 0 saturated carbocycles. The number of nitrogens with one attached hydrogen (secondary N) is 1. The van der Waals surface area contributed by atoms with Crippen molar-refractivity contribution in [3.63, 3.8) is 0 Å². The lowest BCUT2D eigenvalue weighted by Crippen LogP contribution is -2.43. The van der Waals surface area contributed by atoms with E-state index in [1.807, 2.05) is 0 Å². The molecule has 0 atom stereocenters. The largest absolute Gasteiger partial charge is 0.478 e. The van der Waals surface area contributed by atoms with Gasteiger partial charge in [-0.15, -0.1) is 0 Å². The highest BCUT2D eigenvalue weighted by atomic mass is 16.4. The van der Waals surface area contributed by atoms with Crippen molar-refractivity contribution in [3.8, 4) is 0 Å². The molecule has 0 amide bonds. The van der Waals surface area contributed by atoms with Gasteiger partial charge >= 0.3 is 11.9 Å². The highest BCUT2D eigenvalue weighted by Crippen LogP contribution is 2.19. The van der Waals surface area contributed by atoms with Crippen LogP contribution in [0.3, 0.4) is 0 Å². The van der Waals surface area contributed by atoms with Crippen molar-refractivity contribution in [2.24, 2.45) is 0 Å². The van der Waals surface area contributed by atoms with Gasteiger partial charge in [0.1, 0.15) is 0 Å². The van der Waals surface area contributed by atoms with Gasteiger partial charge in [0.25, 0.3) is 0 Å². The molecule has 138 valence electrons. The lowest BCUT2D eigenvalue weighted by atomic mass is 10.0. The third kappa shape index (κ3) is 4.83. The summed E-state index contributed by atoms with van der Waals surface area (Å²) in [6.07, 6.45) is 0. The van der Waals surface area contributed by atoms with Gasteiger partial charge in [-0.05, 0) is 43.2 Å². The Morgan fingerprint density at radius 1 is 0.885 bits per heavy atom. The number of para-hydroxylation sites is 1. The second kappa shape index (κ2) is 9.01. The summed E-state index contributed by atoms with van der Waals surface area (Å²) in [5.74, 6) is -2.22. The summed E-state index contributed by atoms with van der Waals surface area (Å²) in [4.78, 5) is 23.7. The Balaban J connectivity index is 0.000000187. The van der Waals surface area contributed by atoms with Gasteiger partial charge in [0, 0.05) is 31.9 Å². The van der Waals surface area contributed by atoms with Crippen molar-refractivity contribution < 1.29 is 19.8 Å². The number of hydrogen-bond acceptors (Lipinski definition) is 4. The fraction of sp³-hybridized carbons (Fsp3) is 0.300. The summed E-state index contributed by atoms with van der Waals surface area (Å²) in [5.41, 5.74) is 3.11. The van der Waals surface area contributed by atoms with Gasteiger partial charge in [-0.1, -0.05) is 24.3 Å². The van der Waals surface area contributed by atoms with E-state index in [0.717, 1.165) is 26.2 Å². The molecular weight excluding hydrogens is 332 g/mol. The first-order valence-electron chi connectivity index (χ1n) is 8.49. The maximum absolute atomic E-state index is 10.6. The molecule has 1 fully saturated rings. The number of aryl methyl sites for hydroxylation is 1. The topological polar surface area (TPSA) is 89.9 Å². The highest BCUT2D eigenvalue weighted by molar-refractivity contribution is 5.96. The first kappa shape index (κ1) is 19.5. The lowest BCUT2D eigenvalue weighted by molar-refractivity contribution is 0.0696. The van der Waals surface area contributed by atoms with E-state index >= 15 is 0 Å². The average Bonchev–Trinajstić information content (AvgIpc) is 2.63. The Morgan fingerprint density at radius 3 is 1.92 bits per heavy atom. The number of piperazine rings is 1. The third-order valence-corrected chi connectivity index (χ3v) is 4.37. The van der Waals surface area contributed by atoms with Gasteiger partial charge in [0.15, 0.2) is 0 Å². The molecule has 1 saturated heterocycles. The quantitative estimate of drug-likeness (QED) is 0.784. The van der Waals surface area contributed by atoms with Crippen LogP contribution in [-0.2, 0) is 0 Å². The molecule has 3 N–H and O–H groups in total. The minimum atomic E-state index is -1.11. The zero-order chi connectivity index (χ0) is 19.1. The van der Waals surface area contributed by atoms with Gasteiger partial charge in [-0.2, -0.15) is 0 Å². The molecular formula is C20H24N2O4. The third-order valence-electron chi connectivity index (χ3n) is 4.37. The van der Waals surface area contributed by atoms with Crippen LogP contribution in [0.2, 0.25) is 0 Å². The van der Waals surface area contributed by atoms with E-state index in [1.165, 1.54) is 36.4 Å². The number of nitrogens with zero attached hydrogens (tertiary/aromatic N) is 1. The van der Waals surface area contributed by atoms with Crippen LogP contribution >= 0.6 is 0 Å². The van der Waals surface area contributed by atoms with E-state index in [2.05, 4.69) is 41.4 Å². The van der Waals surface area contributed by atoms with E-state index < -0.39 is 11.9 Å². The lowest BCUT2D eigenvalue weighted by Gasteiger charge is -2.30. The van der Waals surface area contributed by atoms with Crippen LogP contribution < -0.4 is 10.2 Å². The van der Waals surface area contributed by atoms with Crippen LogP contribution in [0.25, 0.3) is 0 Å². The molecule has 0 radical (unpaired) electrons. The van der Waals surface area contributed by atoms with E-state index in [-0.39, 0.29) is 16.7 Å². The minimum absolute atomic E-state index is 0.0277. The van der Waals surface area contributed by atoms with Crippen molar-refractivity contribution in [2.45, 2.75) is 13.8 Å². The fourth-order valence-electron chi connectivity index (χ4n) is 2.92. The van der Waals surface area contributed by atoms with Gasteiger partial charge in [-0.3, -0.25) is 0 Å². The predicted octanol–water partition coefficient (Wildman–Crippen LogP) is 2.80. The summed E-state index contributed by atoms with van der Waals surface area (Å²) in [6, 6.07) is 12.8. The molecule has 0 aliphatic carbocycles. The number of benzene rings is 2. The summed E-state index contributed by atoms with van der Waals surface area (Å²) >= 11 is 0. The second-order valence-corrected chi connectivity index (χ2v) is 6.11. The van der Waals surface area contributed by atoms with E-state index in [1.54, 1.807) is 0 Å². The molecule has 1 heterocycles. The van der Waals surface area contributed by atoms with Crippen LogP contribution in [0.1, 0.15) is 31.8 Å². The van der Waals surface area contributed by atoms with Crippen molar-refractivity contribution in [2.75, 3.05) is 31.1 Å². The molecule has 0 spiro atoms. The van der Waals surface area contributed by atoms with Crippen molar-refractivity contribution in [1.29, 1.82) is 0 Å². The maximum atomic E-state index is 10.6. The summed E-state index contributed by atoms with van der Waals surface area (Å²) in [6.45, 7) is 8.13. The van der Waals surface area contributed by atoms with E-state index in [4.69, 9.17) is 10.2 Å². The Hall–Kier alpha value is -2.86. The van der Waals surface area contributed by atoms with Gasteiger partial charge in [-0.25, -0.2) is 9.59 Å². The smallest absolute Gasteiger partial charge is 0.335 e. The zero-order valence-corrected chi connectivity index (χ0v) is 15.0. The molecule has 1 aliphatic rings. The molecule has 1 aliphatic heterocycles. The minimum Gasteiger partial charge on any atom is -0.478 e. The van der Waals surface area contributed by atoms with E-state index in [9.17, 15) is 9.59 Å². The number of aromatic carboxylic acids is 2. The van der Waals surface area contributed by atoms with Gasteiger partial charge in [0.05, 0.1) is 11.1 Å². The van der Waals surface area contributed by atoms with Crippen LogP contribution in [0, 0.1) is 13.8 Å². The molecule has 6 nitrogen and oxygen atoms in total. The van der Waals surface area contributed by atoms with Gasteiger partial charge in [0.2, 0.25) is 0 Å². The first-order valence-corrected chi connectivity index (χ1v) is 8.49. The Bertz CT molecular complexity index is 751. The number of hydrogen-bond donors (Lipinski definition) is 3. The van der Waals surface area contributed by atoms with Gasteiger partial charge < -0.3 is 20.4 Å².